The second-order valence-corrected chi connectivity index (χ2v) is 12.8. The summed E-state index contributed by atoms with van der Waals surface area (Å²) >= 11 is 6.93. The molecule has 0 radical (unpaired) electrons. The van der Waals surface area contributed by atoms with Gasteiger partial charge in [-0.25, -0.2) is 22.1 Å². The first kappa shape index (κ1) is 30.3. The molecule has 14 heteroatoms. The maximum absolute atomic E-state index is 15.4. The fraction of sp³-hybridized carbons (Fsp3) is 0.423. The minimum Gasteiger partial charge on any atom is -0.497 e. The maximum Gasteiger partial charge on any atom is 0.269 e. The van der Waals surface area contributed by atoms with Gasteiger partial charge in [-0.15, -0.1) is 0 Å². The Balaban J connectivity index is 1.63. The summed E-state index contributed by atoms with van der Waals surface area (Å²) in [6.45, 7) is 0.163. The van der Waals surface area contributed by atoms with Crippen LogP contribution in [0, 0.1) is 16.4 Å². The number of ether oxygens (including phenoxy) is 2. The van der Waals surface area contributed by atoms with E-state index in [0.29, 0.717) is 34.9 Å². The Labute approximate surface area is 241 Å². The van der Waals surface area contributed by atoms with Gasteiger partial charge in [0.05, 0.1) is 37.7 Å². The number of nitrogens with one attached hydrogen (secondary N) is 2. The summed E-state index contributed by atoms with van der Waals surface area (Å²) in [7, 11) is 0.0862. The third-order valence-corrected chi connectivity index (χ3v) is 9.98. The average molecular weight is 617 g/mol. The number of halogens is 3. The van der Waals surface area contributed by atoms with E-state index in [1.807, 2.05) is 0 Å². The number of likely N-dealkylation sites (N-methyl/N-ethyl adjacent to an activating group) is 1. The number of nitrogens with zero attached hydrogens (tertiary/aromatic N) is 2. The van der Waals surface area contributed by atoms with E-state index in [1.54, 1.807) is 25.2 Å². The van der Waals surface area contributed by atoms with Crippen molar-refractivity contribution in [3.05, 3.63) is 58.1 Å². The molecule has 3 N–H and O–H groups in total. The number of aromatic nitrogens is 1. The van der Waals surface area contributed by atoms with Gasteiger partial charge in [0.25, 0.3) is 10.0 Å². The zero-order valence-electron chi connectivity index (χ0n) is 22.2. The lowest BCUT2D eigenvalue weighted by Gasteiger charge is -2.24. The van der Waals surface area contributed by atoms with Crippen molar-refractivity contribution in [1.82, 2.24) is 10.3 Å². The van der Waals surface area contributed by atoms with Gasteiger partial charge < -0.3 is 25.2 Å². The molecular formula is C26H31ClF2N4O5S2. The smallest absolute Gasteiger partial charge is 0.269 e. The number of aliphatic hydroxyl groups excluding tert-OH is 1. The molecule has 1 atom stereocenters. The highest BCUT2D eigenvalue weighted by Crippen LogP contribution is 2.49. The number of hydrogen-bond donors (Lipinski definition) is 3. The Morgan fingerprint density at radius 3 is 2.55 bits per heavy atom. The van der Waals surface area contributed by atoms with Crippen molar-refractivity contribution in [3.63, 3.8) is 0 Å². The standard InChI is InChI=1S/C26H31ClF2N4O5S2/c1-30-17(11-26(15-34)6-7-26)12-31-21-10-20(28)23(9-19(21)27)40(35,36)33(25-32-13-24(29)39-25)14-16-4-5-18(37-2)8-22(16)38-3/h4-5,8-10,13,17,30-31,34H,6-7,11-12,14-15H2,1-3H3/t17-/m0/s1. The summed E-state index contributed by atoms with van der Waals surface area (Å²) in [6, 6.07) is 6.82. The number of methoxy groups -OCH3 is 2. The van der Waals surface area contributed by atoms with Gasteiger partial charge in [0.1, 0.15) is 22.2 Å². The quantitative estimate of drug-likeness (QED) is 0.240. The van der Waals surface area contributed by atoms with E-state index in [2.05, 4.69) is 15.6 Å². The normalized spacial score (nSPS) is 15.0. The van der Waals surface area contributed by atoms with Crippen molar-refractivity contribution in [2.75, 3.05) is 44.0 Å². The lowest BCUT2D eigenvalue weighted by atomic mass is 9.98. The molecule has 218 valence electrons. The molecular weight excluding hydrogens is 586 g/mol. The van der Waals surface area contributed by atoms with Gasteiger partial charge in [0.15, 0.2) is 5.13 Å². The van der Waals surface area contributed by atoms with Crippen LogP contribution < -0.4 is 24.4 Å². The SMILES string of the molecule is CN[C@H](CNc1cc(F)c(S(=O)(=O)N(Cc2ccc(OC)cc2OC)c2ncc(F)s2)cc1Cl)CC1(CO)CC1. The zero-order chi connectivity index (χ0) is 29.1. The van der Waals surface area contributed by atoms with Crippen molar-refractivity contribution in [3.8, 4) is 11.5 Å². The van der Waals surface area contributed by atoms with Crippen molar-refractivity contribution in [1.29, 1.82) is 0 Å². The molecule has 1 aliphatic rings. The molecule has 0 saturated heterocycles. The molecule has 0 unspecified atom stereocenters. The number of aliphatic hydroxyl groups is 1. The van der Waals surface area contributed by atoms with Crippen LogP contribution >= 0.6 is 22.9 Å². The predicted octanol–water partition coefficient (Wildman–Crippen LogP) is 4.65. The first-order valence-electron chi connectivity index (χ1n) is 12.4. The van der Waals surface area contributed by atoms with Crippen LogP contribution in [-0.4, -0.2) is 59.0 Å². The number of thiazole rings is 1. The Morgan fingerprint density at radius 2 is 1.98 bits per heavy atom. The lowest BCUT2D eigenvalue weighted by molar-refractivity contribution is 0.192. The zero-order valence-corrected chi connectivity index (χ0v) is 24.6. The van der Waals surface area contributed by atoms with Gasteiger partial charge in [-0.1, -0.05) is 22.9 Å². The molecule has 1 heterocycles. The number of benzene rings is 2. The van der Waals surface area contributed by atoms with E-state index >= 15 is 4.39 Å². The van der Waals surface area contributed by atoms with Crippen LogP contribution in [0.2, 0.25) is 5.02 Å². The summed E-state index contributed by atoms with van der Waals surface area (Å²) in [4.78, 5) is 3.21. The van der Waals surface area contributed by atoms with Gasteiger partial charge in [-0.3, -0.25) is 0 Å². The molecule has 0 amide bonds. The molecule has 0 bridgehead atoms. The van der Waals surface area contributed by atoms with Crippen LogP contribution in [0.25, 0.3) is 0 Å². The van der Waals surface area contributed by atoms with Crippen LogP contribution in [0.3, 0.4) is 0 Å². The minimum atomic E-state index is -4.60. The van der Waals surface area contributed by atoms with E-state index in [4.69, 9.17) is 21.1 Å². The average Bonchev–Trinajstić information content (AvgIpc) is 3.60. The number of anilines is 2. The fourth-order valence-electron chi connectivity index (χ4n) is 4.37. The third-order valence-electron chi connectivity index (χ3n) is 7.00. The maximum atomic E-state index is 15.4. The Morgan fingerprint density at radius 1 is 1.23 bits per heavy atom. The first-order chi connectivity index (χ1) is 19.1. The number of sulfonamides is 1. The molecule has 1 fully saturated rings. The third kappa shape index (κ3) is 6.60. The summed E-state index contributed by atoms with van der Waals surface area (Å²) in [6.07, 6.45) is 3.52. The molecule has 3 aromatic rings. The van der Waals surface area contributed by atoms with Crippen LogP contribution in [0.5, 0.6) is 11.5 Å². The minimum absolute atomic E-state index is 0.00887. The lowest BCUT2D eigenvalue weighted by Crippen LogP contribution is -2.36. The number of rotatable bonds is 14. The van der Waals surface area contributed by atoms with Gasteiger partial charge in [0.2, 0.25) is 5.13 Å². The number of hydrogen-bond acceptors (Lipinski definition) is 9. The Hall–Kier alpha value is -2.71. The van der Waals surface area contributed by atoms with Crippen molar-refractivity contribution in [2.24, 2.45) is 5.41 Å². The molecule has 1 aliphatic carbocycles. The van der Waals surface area contributed by atoms with Crippen molar-refractivity contribution in [2.45, 2.75) is 36.7 Å². The van der Waals surface area contributed by atoms with E-state index in [1.165, 1.54) is 14.2 Å². The van der Waals surface area contributed by atoms with Crippen molar-refractivity contribution < 1.29 is 31.8 Å². The fourth-order valence-corrected chi connectivity index (χ4v) is 6.99. The van der Waals surface area contributed by atoms with E-state index in [0.717, 1.165) is 41.9 Å². The summed E-state index contributed by atoms with van der Waals surface area (Å²) in [5.41, 5.74) is 0.547. The summed E-state index contributed by atoms with van der Waals surface area (Å²) in [5, 5.41) is 15.0. The second kappa shape index (κ2) is 12.4. The molecule has 4 rings (SSSR count). The summed E-state index contributed by atoms with van der Waals surface area (Å²) in [5.74, 6) is -0.228. The van der Waals surface area contributed by atoms with Crippen LogP contribution in [0.4, 0.5) is 19.6 Å². The molecule has 40 heavy (non-hydrogen) atoms. The molecule has 1 aromatic heterocycles. The van der Waals surface area contributed by atoms with Crippen LogP contribution in [0.15, 0.2) is 41.4 Å². The topological polar surface area (TPSA) is 113 Å². The highest BCUT2D eigenvalue weighted by molar-refractivity contribution is 7.93. The van der Waals surface area contributed by atoms with Crippen molar-refractivity contribution >= 4 is 43.8 Å². The summed E-state index contributed by atoms with van der Waals surface area (Å²) < 4.78 is 68.4. The monoisotopic (exact) mass is 616 g/mol. The largest absolute Gasteiger partial charge is 0.497 e. The van der Waals surface area contributed by atoms with E-state index in [-0.39, 0.29) is 40.5 Å². The Bertz CT molecular complexity index is 1450. The van der Waals surface area contributed by atoms with Gasteiger partial charge in [-0.2, -0.15) is 4.39 Å². The first-order valence-corrected chi connectivity index (χ1v) is 15.1. The van der Waals surface area contributed by atoms with Crippen LogP contribution in [-0.2, 0) is 16.6 Å². The molecule has 9 nitrogen and oxygen atoms in total. The molecule has 0 aliphatic heterocycles. The molecule has 1 saturated carbocycles. The van der Waals surface area contributed by atoms with Gasteiger partial charge in [-0.05, 0) is 56.0 Å². The predicted molar refractivity (Wildman–Crippen MR) is 151 cm³/mol. The van der Waals surface area contributed by atoms with Gasteiger partial charge in [0, 0.05) is 30.8 Å². The van der Waals surface area contributed by atoms with E-state index < -0.39 is 25.9 Å². The van der Waals surface area contributed by atoms with E-state index in [9.17, 15) is 17.9 Å². The highest BCUT2D eigenvalue weighted by Gasteiger charge is 2.43. The molecule has 0 spiro atoms. The Kier molecular flexibility index (Phi) is 9.40. The highest BCUT2D eigenvalue weighted by atomic mass is 35.5. The van der Waals surface area contributed by atoms with Gasteiger partial charge >= 0.3 is 0 Å². The molecule has 2 aromatic carbocycles. The second-order valence-electron chi connectivity index (χ2n) is 9.63. The van der Waals surface area contributed by atoms with Crippen LogP contribution in [0.1, 0.15) is 24.8 Å².